The summed E-state index contributed by atoms with van der Waals surface area (Å²) in [5.74, 6) is 2.22. The van der Waals surface area contributed by atoms with E-state index in [1.807, 2.05) is 12.4 Å². The second-order valence-electron chi connectivity index (χ2n) is 7.23. The summed E-state index contributed by atoms with van der Waals surface area (Å²) in [6, 6.07) is 10.6. The maximum Gasteiger partial charge on any atom is 0.191 e. The van der Waals surface area contributed by atoms with Crippen molar-refractivity contribution in [2.24, 2.45) is 4.99 Å². The van der Waals surface area contributed by atoms with Gasteiger partial charge in [-0.25, -0.2) is 9.97 Å². The van der Waals surface area contributed by atoms with E-state index in [0.717, 1.165) is 41.9 Å². The first-order valence-corrected chi connectivity index (χ1v) is 11.0. The lowest BCUT2D eigenvalue weighted by molar-refractivity contribution is 0.600. The highest BCUT2D eigenvalue weighted by Gasteiger charge is 2.08. The van der Waals surface area contributed by atoms with Crippen molar-refractivity contribution < 1.29 is 0 Å². The van der Waals surface area contributed by atoms with Gasteiger partial charge in [0.05, 0.1) is 18.8 Å². The third kappa shape index (κ3) is 6.42. The number of benzene rings is 1. The zero-order valence-corrected chi connectivity index (χ0v) is 18.2. The summed E-state index contributed by atoms with van der Waals surface area (Å²) in [4.78, 5) is 13.5. The van der Waals surface area contributed by atoms with Crippen LogP contribution in [0.5, 0.6) is 0 Å². The maximum absolute atomic E-state index is 4.66. The molecule has 0 atom stereocenters. The molecule has 0 spiro atoms. The Labute approximate surface area is 177 Å². The van der Waals surface area contributed by atoms with Crippen molar-refractivity contribution in [3.8, 4) is 0 Å². The van der Waals surface area contributed by atoms with Crippen molar-refractivity contribution in [2.45, 2.75) is 52.2 Å². The average molecular weight is 411 g/mol. The lowest BCUT2D eigenvalue weighted by Crippen LogP contribution is -2.37. The van der Waals surface area contributed by atoms with Crippen molar-refractivity contribution >= 4 is 17.3 Å². The minimum atomic E-state index is 0.457. The second kappa shape index (κ2) is 10.8. The van der Waals surface area contributed by atoms with Crippen LogP contribution in [0, 0.1) is 0 Å². The topological polar surface area (TPSA) is 67.1 Å². The van der Waals surface area contributed by atoms with Crippen LogP contribution >= 0.6 is 11.3 Å². The molecule has 1 aromatic carbocycles. The number of nitrogens with one attached hydrogen (secondary N) is 2. The van der Waals surface area contributed by atoms with Gasteiger partial charge in [0.2, 0.25) is 0 Å². The molecule has 0 amide bonds. The molecule has 0 fully saturated rings. The predicted octanol–water partition coefficient (Wildman–Crippen LogP) is 3.96. The molecule has 0 aliphatic heterocycles. The molecule has 154 valence electrons. The molecule has 7 heteroatoms. The van der Waals surface area contributed by atoms with Crippen LogP contribution in [0.4, 0.5) is 0 Å². The van der Waals surface area contributed by atoms with E-state index < -0.39 is 0 Å². The molecule has 29 heavy (non-hydrogen) atoms. The first-order valence-electron chi connectivity index (χ1n) is 10.1. The largest absolute Gasteiger partial charge is 0.350 e. The van der Waals surface area contributed by atoms with E-state index in [0.29, 0.717) is 19.0 Å². The minimum Gasteiger partial charge on any atom is -0.350 e. The molecule has 0 saturated carbocycles. The van der Waals surface area contributed by atoms with E-state index in [4.69, 9.17) is 0 Å². The number of hydrogen-bond donors (Lipinski definition) is 2. The van der Waals surface area contributed by atoms with Crippen molar-refractivity contribution in [3.05, 3.63) is 70.2 Å². The van der Waals surface area contributed by atoms with Crippen LogP contribution in [-0.4, -0.2) is 27.5 Å². The molecule has 0 aliphatic rings. The molecule has 0 aliphatic carbocycles. The number of rotatable bonds is 9. The van der Waals surface area contributed by atoms with Gasteiger partial charge in [-0.1, -0.05) is 44.2 Å². The number of guanidine groups is 1. The van der Waals surface area contributed by atoms with Crippen molar-refractivity contribution in [1.82, 2.24) is 25.2 Å². The molecule has 3 rings (SSSR count). The summed E-state index contributed by atoms with van der Waals surface area (Å²) < 4.78 is 2.21. The van der Waals surface area contributed by atoms with Gasteiger partial charge in [-0.05, 0) is 24.3 Å². The summed E-state index contributed by atoms with van der Waals surface area (Å²) >= 11 is 1.68. The Morgan fingerprint density at radius 3 is 2.69 bits per heavy atom. The van der Waals surface area contributed by atoms with Crippen LogP contribution < -0.4 is 10.6 Å². The number of aliphatic imine (C=N–C) groups is 1. The van der Waals surface area contributed by atoms with Crippen LogP contribution in [-0.2, 0) is 26.1 Å². The highest BCUT2D eigenvalue weighted by molar-refractivity contribution is 7.09. The predicted molar refractivity (Wildman–Crippen MR) is 120 cm³/mol. The van der Waals surface area contributed by atoms with E-state index in [1.54, 1.807) is 18.4 Å². The normalized spacial score (nSPS) is 11.8. The number of aromatic nitrogens is 3. The summed E-state index contributed by atoms with van der Waals surface area (Å²) in [5, 5.41) is 9.88. The second-order valence-corrected chi connectivity index (χ2v) is 8.17. The number of aryl methyl sites for hydroxylation is 2. The van der Waals surface area contributed by atoms with E-state index in [9.17, 15) is 0 Å². The van der Waals surface area contributed by atoms with Crippen LogP contribution in [0.2, 0.25) is 0 Å². The van der Waals surface area contributed by atoms with E-state index in [2.05, 4.69) is 79.7 Å². The number of imidazole rings is 1. The molecule has 2 aromatic heterocycles. The summed E-state index contributed by atoms with van der Waals surface area (Å²) in [6.07, 6.45) is 6.06. The Kier molecular flexibility index (Phi) is 7.81. The smallest absolute Gasteiger partial charge is 0.191 e. The third-order valence-corrected chi connectivity index (χ3v) is 5.58. The van der Waals surface area contributed by atoms with Crippen molar-refractivity contribution in [3.63, 3.8) is 0 Å². The van der Waals surface area contributed by atoms with Crippen LogP contribution in [0.25, 0.3) is 0 Å². The standard InChI is InChI=1S/C22H30N6S/c1-17(2)19-16-29-21(27-19)15-26-22(23-3)25-14-20-24-11-13-28(20)12-7-10-18-8-5-4-6-9-18/h4-6,8-9,11,13,16-17H,7,10,12,14-15H2,1-3H3,(H2,23,25,26). The number of thiazole rings is 1. The fourth-order valence-electron chi connectivity index (χ4n) is 3.02. The molecule has 2 heterocycles. The van der Waals surface area contributed by atoms with E-state index in [-0.39, 0.29) is 0 Å². The zero-order chi connectivity index (χ0) is 20.5. The van der Waals surface area contributed by atoms with Gasteiger partial charge in [-0.2, -0.15) is 0 Å². The Hall–Kier alpha value is -2.67. The Morgan fingerprint density at radius 2 is 1.97 bits per heavy atom. The summed E-state index contributed by atoms with van der Waals surface area (Å²) in [7, 11) is 1.78. The average Bonchev–Trinajstić information content (AvgIpc) is 3.39. The molecule has 0 saturated heterocycles. The summed E-state index contributed by atoms with van der Waals surface area (Å²) in [6.45, 7) is 6.58. The van der Waals surface area contributed by atoms with Gasteiger partial charge in [0, 0.05) is 31.4 Å². The van der Waals surface area contributed by atoms with Gasteiger partial charge >= 0.3 is 0 Å². The molecule has 0 radical (unpaired) electrons. The Balaban J connectivity index is 1.45. The third-order valence-electron chi connectivity index (χ3n) is 4.71. The van der Waals surface area contributed by atoms with Crippen LogP contribution in [0.15, 0.2) is 53.1 Å². The highest BCUT2D eigenvalue weighted by atomic mass is 32.1. The molecule has 6 nitrogen and oxygen atoms in total. The van der Waals surface area contributed by atoms with Gasteiger partial charge in [0.1, 0.15) is 10.8 Å². The van der Waals surface area contributed by atoms with Gasteiger partial charge in [-0.3, -0.25) is 4.99 Å². The van der Waals surface area contributed by atoms with Gasteiger partial charge < -0.3 is 15.2 Å². The lowest BCUT2D eigenvalue weighted by Gasteiger charge is -2.12. The molecular formula is C22H30N6S. The van der Waals surface area contributed by atoms with Gasteiger partial charge in [-0.15, -0.1) is 11.3 Å². The molecule has 0 unspecified atom stereocenters. The Bertz CT molecular complexity index is 897. The fraction of sp³-hybridized carbons (Fsp3) is 0.409. The molecular weight excluding hydrogens is 380 g/mol. The van der Waals surface area contributed by atoms with Crippen molar-refractivity contribution in [2.75, 3.05) is 7.05 Å². The lowest BCUT2D eigenvalue weighted by atomic mass is 10.1. The first kappa shape index (κ1) is 21.0. The van der Waals surface area contributed by atoms with E-state index >= 15 is 0 Å². The SMILES string of the molecule is CN=C(NCc1nc(C(C)C)cs1)NCc1nccn1CCCc1ccccc1. The quantitative estimate of drug-likeness (QED) is 0.414. The monoisotopic (exact) mass is 410 g/mol. The van der Waals surface area contributed by atoms with Crippen LogP contribution in [0.1, 0.15) is 48.3 Å². The minimum absolute atomic E-state index is 0.457. The maximum atomic E-state index is 4.66. The summed E-state index contributed by atoms with van der Waals surface area (Å²) in [5.41, 5.74) is 2.52. The molecule has 3 aromatic rings. The zero-order valence-electron chi connectivity index (χ0n) is 17.4. The van der Waals surface area contributed by atoms with Gasteiger partial charge in [0.25, 0.3) is 0 Å². The van der Waals surface area contributed by atoms with Crippen LogP contribution in [0.3, 0.4) is 0 Å². The molecule has 0 bridgehead atoms. The van der Waals surface area contributed by atoms with Gasteiger partial charge in [0.15, 0.2) is 5.96 Å². The highest BCUT2D eigenvalue weighted by Crippen LogP contribution is 2.17. The Morgan fingerprint density at radius 1 is 1.17 bits per heavy atom. The van der Waals surface area contributed by atoms with E-state index in [1.165, 1.54) is 5.56 Å². The number of nitrogens with zero attached hydrogens (tertiary/aromatic N) is 4. The van der Waals surface area contributed by atoms with Crippen molar-refractivity contribution in [1.29, 1.82) is 0 Å². The molecule has 2 N–H and O–H groups in total. The fourth-order valence-corrected chi connectivity index (χ4v) is 3.92. The number of hydrogen-bond acceptors (Lipinski definition) is 4. The first-order chi connectivity index (χ1) is 14.2.